The van der Waals surface area contributed by atoms with Crippen LogP contribution in [-0.2, 0) is 10.3 Å². The molecule has 3 aromatic rings. The van der Waals surface area contributed by atoms with E-state index in [1.165, 1.54) is 12.4 Å². The van der Waals surface area contributed by atoms with E-state index in [1.54, 1.807) is 0 Å². The number of fused-ring (bicyclic) bond motifs is 1. The van der Waals surface area contributed by atoms with Gasteiger partial charge in [0.15, 0.2) is 5.82 Å². The molecule has 2 heterocycles. The Kier molecular flexibility index (Phi) is 4.89. The van der Waals surface area contributed by atoms with Gasteiger partial charge in [0.05, 0.1) is 11.1 Å². The quantitative estimate of drug-likeness (QED) is 0.499. The van der Waals surface area contributed by atoms with Gasteiger partial charge in [0.25, 0.3) is 0 Å². The SMILES string of the molecule is CC(C)(C)OC(=O)c1cnc(-c2cccc3c(Br)cn(C(C)(C)C)c23)nc1. The summed E-state index contributed by atoms with van der Waals surface area (Å²) in [6.45, 7) is 12.0. The second kappa shape index (κ2) is 6.75. The highest BCUT2D eigenvalue weighted by Gasteiger charge is 2.22. The molecule has 1 aromatic carbocycles. The summed E-state index contributed by atoms with van der Waals surface area (Å²) in [5, 5.41) is 1.10. The number of aromatic nitrogens is 3. The van der Waals surface area contributed by atoms with Crippen LogP contribution in [0.3, 0.4) is 0 Å². The number of carbonyl (C=O) groups excluding carboxylic acids is 1. The Hall–Kier alpha value is -2.21. The highest BCUT2D eigenvalue weighted by Crippen LogP contribution is 2.36. The van der Waals surface area contributed by atoms with Gasteiger partial charge in [-0.3, -0.25) is 0 Å². The topological polar surface area (TPSA) is 57.0 Å². The van der Waals surface area contributed by atoms with Gasteiger partial charge in [-0.15, -0.1) is 0 Å². The Morgan fingerprint density at radius 1 is 1.07 bits per heavy atom. The van der Waals surface area contributed by atoms with Crippen LogP contribution in [0.15, 0.2) is 41.3 Å². The van der Waals surface area contributed by atoms with Crippen LogP contribution in [0.2, 0.25) is 0 Å². The zero-order valence-electron chi connectivity index (χ0n) is 16.5. The van der Waals surface area contributed by atoms with Gasteiger partial charge in [-0.2, -0.15) is 0 Å². The number of hydrogen-bond donors (Lipinski definition) is 0. The lowest BCUT2D eigenvalue weighted by Crippen LogP contribution is -2.24. The number of esters is 1. The minimum atomic E-state index is -0.554. The monoisotopic (exact) mass is 429 g/mol. The summed E-state index contributed by atoms with van der Waals surface area (Å²) in [6, 6.07) is 6.06. The molecule has 0 aliphatic rings. The molecule has 0 aliphatic carbocycles. The standard InChI is InChI=1S/C21H24BrN3O2/c1-20(2,3)25-12-16(22)14-8-7-9-15(17(14)25)18-23-10-13(11-24-18)19(26)27-21(4,5)6/h7-12H,1-6H3. The average Bonchev–Trinajstić information content (AvgIpc) is 2.91. The van der Waals surface area contributed by atoms with Gasteiger partial charge < -0.3 is 9.30 Å². The Balaban J connectivity index is 2.07. The van der Waals surface area contributed by atoms with E-state index in [4.69, 9.17) is 4.74 Å². The van der Waals surface area contributed by atoms with Gasteiger partial charge in [0.2, 0.25) is 0 Å². The molecule has 2 aromatic heterocycles. The van der Waals surface area contributed by atoms with Crippen LogP contribution in [0, 0.1) is 0 Å². The highest BCUT2D eigenvalue weighted by atomic mass is 79.9. The lowest BCUT2D eigenvalue weighted by molar-refractivity contribution is 0.00686. The second-order valence-electron chi connectivity index (χ2n) is 8.52. The molecule has 0 saturated heterocycles. The zero-order valence-corrected chi connectivity index (χ0v) is 18.1. The molecule has 142 valence electrons. The molecule has 6 heteroatoms. The largest absolute Gasteiger partial charge is 0.456 e. The van der Waals surface area contributed by atoms with Crippen LogP contribution >= 0.6 is 15.9 Å². The molecule has 3 rings (SSSR count). The van der Waals surface area contributed by atoms with Crippen LogP contribution in [0.4, 0.5) is 0 Å². The van der Waals surface area contributed by atoms with Crippen molar-refractivity contribution in [2.45, 2.75) is 52.7 Å². The van der Waals surface area contributed by atoms with Gasteiger partial charge in [-0.25, -0.2) is 14.8 Å². The Morgan fingerprint density at radius 2 is 1.70 bits per heavy atom. The van der Waals surface area contributed by atoms with Crippen molar-refractivity contribution < 1.29 is 9.53 Å². The third-order valence-corrected chi connectivity index (χ3v) is 4.66. The Bertz CT molecular complexity index is 993. The Labute approximate surface area is 167 Å². The van der Waals surface area contributed by atoms with Gasteiger partial charge in [-0.1, -0.05) is 12.1 Å². The van der Waals surface area contributed by atoms with Crippen molar-refractivity contribution in [3.8, 4) is 11.4 Å². The van der Waals surface area contributed by atoms with Crippen molar-refractivity contribution in [2.24, 2.45) is 0 Å². The van der Waals surface area contributed by atoms with E-state index in [9.17, 15) is 4.79 Å². The fourth-order valence-electron chi connectivity index (χ4n) is 2.86. The number of hydrogen-bond acceptors (Lipinski definition) is 4. The van der Waals surface area contributed by atoms with E-state index >= 15 is 0 Å². The number of ether oxygens (including phenoxy) is 1. The molecule has 0 spiro atoms. The molecular formula is C21H24BrN3O2. The van der Waals surface area contributed by atoms with Crippen LogP contribution in [0.1, 0.15) is 51.9 Å². The van der Waals surface area contributed by atoms with Crippen molar-refractivity contribution in [1.29, 1.82) is 0 Å². The first kappa shape index (κ1) is 19.5. The molecule has 0 radical (unpaired) electrons. The fourth-order valence-corrected chi connectivity index (χ4v) is 3.39. The summed E-state index contributed by atoms with van der Waals surface area (Å²) < 4.78 is 8.62. The van der Waals surface area contributed by atoms with E-state index < -0.39 is 11.6 Å². The third kappa shape index (κ3) is 4.05. The Morgan fingerprint density at radius 3 is 2.26 bits per heavy atom. The van der Waals surface area contributed by atoms with E-state index in [-0.39, 0.29) is 5.54 Å². The summed E-state index contributed by atoms with van der Waals surface area (Å²) in [5.41, 5.74) is 1.66. The smallest absolute Gasteiger partial charge is 0.341 e. The number of rotatable bonds is 2. The maximum atomic E-state index is 12.2. The first-order valence-corrected chi connectivity index (χ1v) is 9.62. The number of halogens is 1. The molecule has 0 bridgehead atoms. The summed E-state index contributed by atoms with van der Waals surface area (Å²) >= 11 is 3.65. The van der Waals surface area contributed by atoms with Gasteiger partial charge in [-0.05, 0) is 63.5 Å². The molecule has 27 heavy (non-hydrogen) atoms. The highest BCUT2D eigenvalue weighted by molar-refractivity contribution is 9.10. The van der Waals surface area contributed by atoms with Crippen molar-refractivity contribution in [1.82, 2.24) is 14.5 Å². The van der Waals surface area contributed by atoms with Crippen LogP contribution in [0.5, 0.6) is 0 Å². The summed E-state index contributed by atoms with van der Waals surface area (Å²) in [6.07, 6.45) is 5.13. The molecule has 5 nitrogen and oxygen atoms in total. The first-order chi connectivity index (χ1) is 12.5. The van der Waals surface area contributed by atoms with E-state index in [1.807, 2.05) is 32.9 Å². The summed E-state index contributed by atoms with van der Waals surface area (Å²) in [4.78, 5) is 21.1. The molecule has 0 atom stereocenters. The van der Waals surface area contributed by atoms with Crippen molar-refractivity contribution >= 4 is 32.8 Å². The van der Waals surface area contributed by atoms with E-state index in [0.717, 1.165) is 20.9 Å². The lowest BCUT2D eigenvalue weighted by atomic mass is 10.1. The number of nitrogens with zero attached hydrogens (tertiary/aromatic N) is 3. The van der Waals surface area contributed by atoms with E-state index in [0.29, 0.717) is 11.4 Å². The van der Waals surface area contributed by atoms with Crippen LogP contribution < -0.4 is 0 Å². The molecule has 0 fully saturated rings. The predicted octanol–water partition coefficient (Wildman–Crippen LogP) is 5.57. The van der Waals surface area contributed by atoms with Crippen molar-refractivity contribution in [3.63, 3.8) is 0 Å². The minimum Gasteiger partial charge on any atom is -0.456 e. The average molecular weight is 430 g/mol. The second-order valence-corrected chi connectivity index (χ2v) is 9.37. The van der Waals surface area contributed by atoms with Gasteiger partial charge >= 0.3 is 5.97 Å². The molecule has 0 N–H and O–H groups in total. The molecule has 0 aliphatic heterocycles. The van der Waals surface area contributed by atoms with Crippen molar-refractivity contribution in [3.05, 3.63) is 46.8 Å². The zero-order chi connectivity index (χ0) is 20.0. The maximum Gasteiger partial charge on any atom is 0.341 e. The van der Waals surface area contributed by atoms with Gasteiger partial charge in [0.1, 0.15) is 5.60 Å². The molecule has 0 unspecified atom stereocenters. The number of para-hydroxylation sites is 1. The molecular weight excluding hydrogens is 406 g/mol. The predicted molar refractivity (Wildman–Crippen MR) is 111 cm³/mol. The van der Waals surface area contributed by atoms with Crippen LogP contribution in [0.25, 0.3) is 22.3 Å². The first-order valence-electron chi connectivity index (χ1n) is 8.83. The molecule has 0 saturated carbocycles. The lowest BCUT2D eigenvalue weighted by Gasteiger charge is -2.23. The van der Waals surface area contributed by atoms with E-state index in [2.05, 4.69) is 63.5 Å². The summed E-state index contributed by atoms with van der Waals surface area (Å²) in [7, 11) is 0. The van der Waals surface area contributed by atoms with Crippen molar-refractivity contribution in [2.75, 3.05) is 0 Å². The minimum absolute atomic E-state index is 0.100. The summed E-state index contributed by atoms with van der Waals surface area (Å²) in [5.74, 6) is 0.150. The van der Waals surface area contributed by atoms with Gasteiger partial charge in [0, 0.05) is 39.6 Å². The third-order valence-electron chi connectivity index (χ3n) is 4.03. The molecule has 0 amide bonds. The maximum absolute atomic E-state index is 12.2. The van der Waals surface area contributed by atoms with Crippen LogP contribution in [-0.4, -0.2) is 26.1 Å². The normalized spacial score (nSPS) is 12.4. The number of benzene rings is 1. The fraction of sp³-hybridized carbons (Fsp3) is 0.381. The number of carbonyl (C=O) groups is 1.